The standard InChI is InChI=1S/C18H27F3N4O.HI/c1-14-6-3-4-7-16(14)26-11-5-9-23-17(22-2)24-15-8-10-25(12-15)13-18(19,20)21;/h3-4,6-7,15H,5,8-13H2,1-2H3,(H2,22,23,24);1H. The zero-order chi connectivity index (χ0) is 19.0. The molecule has 154 valence electrons. The zero-order valence-corrected chi connectivity index (χ0v) is 18.0. The van der Waals surface area contributed by atoms with Crippen LogP contribution in [0.5, 0.6) is 5.75 Å². The number of halogens is 4. The van der Waals surface area contributed by atoms with E-state index in [0.29, 0.717) is 38.6 Å². The van der Waals surface area contributed by atoms with Crippen LogP contribution in [0.1, 0.15) is 18.4 Å². The highest BCUT2D eigenvalue weighted by Gasteiger charge is 2.34. The van der Waals surface area contributed by atoms with Gasteiger partial charge in [-0.1, -0.05) is 18.2 Å². The molecule has 1 aliphatic rings. The Kier molecular flexibility index (Phi) is 10.2. The van der Waals surface area contributed by atoms with Crippen LogP contribution in [0.2, 0.25) is 0 Å². The van der Waals surface area contributed by atoms with Crippen LogP contribution >= 0.6 is 24.0 Å². The highest BCUT2D eigenvalue weighted by Crippen LogP contribution is 2.20. The molecule has 9 heteroatoms. The van der Waals surface area contributed by atoms with Gasteiger partial charge in [0, 0.05) is 32.7 Å². The molecule has 1 heterocycles. The number of nitrogens with one attached hydrogen (secondary N) is 2. The van der Waals surface area contributed by atoms with Gasteiger partial charge in [-0.25, -0.2) is 0 Å². The van der Waals surface area contributed by atoms with Crippen LogP contribution in [0.4, 0.5) is 13.2 Å². The molecule has 0 radical (unpaired) electrons. The third-order valence-electron chi connectivity index (χ3n) is 4.20. The smallest absolute Gasteiger partial charge is 0.401 e. The Morgan fingerprint density at radius 2 is 2.07 bits per heavy atom. The molecule has 0 bridgehead atoms. The molecule has 1 aliphatic heterocycles. The summed E-state index contributed by atoms with van der Waals surface area (Å²) in [5.41, 5.74) is 1.10. The summed E-state index contributed by atoms with van der Waals surface area (Å²) in [6.45, 7) is 3.22. The van der Waals surface area contributed by atoms with Crippen LogP contribution in [0, 0.1) is 6.92 Å². The van der Waals surface area contributed by atoms with Crippen molar-refractivity contribution in [1.29, 1.82) is 0 Å². The fourth-order valence-corrected chi connectivity index (χ4v) is 2.92. The lowest BCUT2D eigenvalue weighted by Gasteiger charge is -2.19. The summed E-state index contributed by atoms with van der Waals surface area (Å²) in [5, 5.41) is 6.37. The van der Waals surface area contributed by atoms with E-state index >= 15 is 0 Å². The summed E-state index contributed by atoms with van der Waals surface area (Å²) in [6, 6.07) is 7.83. The third-order valence-corrected chi connectivity index (χ3v) is 4.20. The molecule has 0 aliphatic carbocycles. The molecule has 1 aromatic rings. The first-order valence-corrected chi connectivity index (χ1v) is 8.82. The van der Waals surface area contributed by atoms with Crippen molar-refractivity contribution in [2.75, 3.05) is 39.8 Å². The summed E-state index contributed by atoms with van der Waals surface area (Å²) in [6.07, 6.45) is -2.68. The number of alkyl halides is 3. The summed E-state index contributed by atoms with van der Waals surface area (Å²) < 4.78 is 43.1. The van der Waals surface area contributed by atoms with E-state index in [1.807, 2.05) is 31.2 Å². The molecular weight excluding hydrogens is 472 g/mol. The van der Waals surface area contributed by atoms with E-state index in [1.165, 1.54) is 4.90 Å². The lowest BCUT2D eigenvalue weighted by atomic mass is 10.2. The second kappa shape index (κ2) is 11.6. The maximum atomic E-state index is 12.4. The fraction of sp³-hybridized carbons (Fsp3) is 0.611. The molecule has 0 aromatic heterocycles. The van der Waals surface area contributed by atoms with E-state index < -0.39 is 12.7 Å². The minimum atomic E-state index is -4.15. The predicted octanol–water partition coefficient (Wildman–Crippen LogP) is 3.18. The van der Waals surface area contributed by atoms with Crippen molar-refractivity contribution < 1.29 is 17.9 Å². The summed E-state index contributed by atoms with van der Waals surface area (Å²) >= 11 is 0. The number of rotatable bonds is 7. The van der Waals surface area contributed by atoms with Gasteiger partial charge in [0.1, 0.15) is 5.75 Å². The number of aryl methyl sites for hydroxylation is 1. The number of hydrogen-bond acceptors (Lipinski definition) is 3. The molecule has 0 amide bonds. The Labute approximate surface area is 175 Å². The number of nitrogens with zero attached hydrogens (tertiary/aromatic N) is 2. The maximum Gasteiger partial charge on any atom is 0.401 e. The number of para-hydroxylation sites is 1. The van der Waals surface area contributed by atoms with Gasteiger partial charge in [0.15, 0.2) is 5.96 Å². The Hall–Kier alpha value is -1.23. The topological polar surface area (TPSA) is 48.9 Å². The van der Waals surface area contributed by atoms with Crippen LogP contribution < -0.4 is 15.4 Å². The van der Waals surface area contributed by atoms with Crippen molar-refractivity contribution in [2.24, 2.45) is 4.99 Å². The Morgan fingerprint density at radius 1 is 1.33 bits per heavy atom. The Balaban J connectivity index is 0.00000364. The van der Waals surface area contributed by atoms with Gasteiger partial charge in [0.2, 0.25) is 0 Å². The summed E-state index contributed by atoms with van der Waals surface area (Å²) in [7, 11) is 1.65. The van der Waals surface area contributed by atoms with Crippen LogP contribution in [0.3, 0.4) is 0 Å². The van der Waals surface area contributed by atoms with Gasteiger partial charge in [0.25, 0.3) is 0 Å². The first-order chi connectivity index (χ1) is 12.4. The largest absolute Gasteiger partial charge is 0.493 e. The maximum absolute atomic E-state index is 12.4. The number of hydrogen-bond donors (Lipinski definition) is 2. The Morgan fingerprint density at radius 3 is 2.74 bits per heavy atom. The molecular formula is C18H28F3IN4O. The van der Waals surface area contributed by atoms with Gasteiger partial charge in [-0.05, 0) is 31.4 Å². The van der Waals surface area contributed by atoms with E-state index in [2.05, 4.69) is 15.6 Å². The first-order valence-electron chi connectivity index (χ1n) is 8.82. The lowest BCUT2D eigenvalue weighted by Crippen LogP contribution is -2.45. The molecule has 1 atom stereocenters. The zero-order valence-electron chi connectivity index (χ0n) is 15.7. The molecule has 1 fully saturated rings. The normalized spacial score (nSPS) is 18.1. The highest BCUT2D eigenvalue weighted by atomic mass is 127. The van der Waals surface area contributed by atoms with Crippen LogP contribution in [0.25, 0.3) is 0 Å². The molecule has 2 rings (SSSR count). The Bertz CT molecular complexity index is 598. The van der Waals surface area contributed by atoms with Gasteiger partial charge in [0.05, 0.1) is 13.2 Å². The molecule has 1 saturated heterocycles. The van der Waals surface area contributed by atoms with Crippen molar-refractivity contribution in [1.82, 2.24) is 15.5 Å². The van der Waals surface area contributed by atoms with Crippen molar-refractivity contribution in [3.8, 4) is 5.75 Å². The van der Waals surface area contributed by atoms with Gasteiger partial charge in [-0.15, -0.1) is 24.0 Å². The number of aliphatic imine (C=N–C) groups is 1. The lowest BCUT2D eigenvalue weighted by molar-refractivity contribution is -0.143. The highest BCUT2D eigenvalue weighted by molar-refractivity contribution is 14.0. The molecule has 0 saturated carbocycles. The predicted molar refractivity (Wildman–Crippen MR) is 112 cm³/mol. The van der Waals surface area contributed by atoms with E-state index in [0.717, 1.165) is 17.7 Å². The number of ether oxygens (including phenoxy) is 1. The van der Waals surface area contributed by atoms with Gasteiger partial charge in [-0.2, -0.15) is 13.2 Å². The van der Waals surface area contributed by atoms with E-state index in [1.54, 1.807) is 7.05 Å². The minimum absolute atomic E-state index is 0. The molecule has 2 N–H and O–H groups in total. The SMILES string of the molecule is CN=C(NCCCOc1ccccc1C)NC1CCN(CC(F)(F)F)C1.I. The number of likely N-dealkylation sites (tertiary alicyclic amines) is 1. The fourth-order valence-electron chi connectivity index (χ4n) is 2.92. The molecule has 1 aromatic carbocycles. The van der Waals surface area contributed by atoms with Crippen LogP contribution in [-0.2, 0) is 0 Å². The molecule has 5 nitrogen and oxygen atoms in total. The van der Waals surface area contributed by atoms with E-state index in [-0.39, 0.29) is 30.0 Å². The summed E-state index contributed by atoms with van der Waals surface area (Å²) in [4.78, 5) is 5.55. The third kappa shape index (κ3) is 9.00. The van der Waals surface area contributed by atoms with Crippen LogP contribution in [-0.4, -0.2) is 62.9 Å². The van der Waals surface area contributed by atoms with Crippen LogP contribution in [0.15, 0.2) is 29.3 Å². The van der Waals surface area contributed by atoms with Crippen molar-refractivity contribution in [3.63, 3.8) is 0 Å². The number of benzene rings is 1. The van der Waals surface area contributed by atoms with E-state index in [4.69, 9.17) is 4.74 Å². The average molecular weight is 500 g/mol. The molecule has 1 unspecified atom stereocenters. The number of guanidine groups is 1. The second-order valence-corrected chi connectivity index (χ2v) is 6.45. The second-order valence-electron chi connectivity index (χ2n) is 6.45. The average Bonchev–Trinajstić information content (AvgIpc) is 3.00. The summed E-state index contributed by atoms with van der Waals surface area (Å²) in [5.74, 6) is 1.49. The van der Waals surface area contributed by atoms with E-state index in [9.17, 15) is 13.2 Å². The van der Waals surface area contributed by atoms with Crippen molar-refractivity contribution in [3.05, 3.63) is 29.8 Å². The van der Waals surface area contributed by atoms with Crippen molar-refractivity contribution >= 4 is 29.9 Å². The molecule has 0 spiro atoms. The first kappa shape index (κ1) is 23.8. The molecule has 27 heavy (non-hydrogen) atoms. The van der Waals surface area contributed by atoms with Gasteiger partial charge < -0.3 is 15.4 Å². The van der Waals surface area contributed by atoms with Crippen molar-refractivity contribution in [2.45, 2.75) is 32.0 Å². The van der Waals surface area contributed by atoms with Gasteiger partial charge >= 0.3 is 6.18 Å². The monoisotopic (exact) mass is 500 g/mol. The minimum Gasteiger partial charge on any atom is -0.493 e. The quantitative estimate of drug-likeness (QED) is 0.262. The van der Waals surface area contributed by atoms with Gasteiger partial charge in [-0.3, -0.25) is 9.89 Å².